The third-order valence-corrected chi connectivity index (χ3v) is 7.45. The molecule has 4 aromatic rings. The zero-order valence-corrected chi connectivity index (χ0v) is 23.7. The van der Waals surface area contributed by atoms with Crippen LogP contribution in [0.3, 0.4) is 0 Å². The van der Waals surface area contributed by atoms with E-state index in [9.17, 15) is 10.2 Å². The third kappa shape index (κ3) is 7.83. The molecule has 1 saturated carbocycles. The van der Waals surface area contributed by atoms with E-state index in [-0.39, 0.29) is 26.4 Å². The summed E-state index contributed by atoms with van der Waals surface area (Å²) in [5.41, 5.74) is 3.72. The Bertz CT molecular complexity index is 1320. The Morgan fingerprint density at radius 3 is 1.00 bits per heavy atom. The van der Waals surface area contributed by atoms with Crippen LogP contribution in [0.4, 0.5) is 0 Å². The number of rotatable bonds is 13. The van der Waals surface area contributed by atoms with Crippen molar-refractivity contribution in [2.24, 2.45) is 0 Å². The Morgan fingerprint density at radius 1 is 0.429 bits per heavy atom. The van der Waals surface area contributed by atoms with E-state index in [0.717, 1.165) is 28.0 Å². The number of aliphatic hydroxyl groups is 2. The molecule has 42 heavy (non-hydrogen) atoms. The van der Waals surface area contributed by atoms with E-state index in [4.69, 9.17) is 23.7 Å². The summed E-state index contributed by atoms with van der Waals surface area (Å²) in [4.78, 5) is 0. The van der Waals surface area contributed by atoms with Gasteiger partial charge in [-0.25, -0.2) is 0 Å². The Hall–Kier alpha value is -3.56. The molecule has 0 aliphatic heterocycles. The average Bonchev–Trinajstić information content (AvgIpc) is 3.05. The molecule has 1 aliphatic carbocycles. The molecule has 0 heterocycles. The van der Waals surface area contributed by atoms with Crippen molar-refractivity contribution in [3.8, 4) is 5.75 Å². The minimum absolute atomic E-state index is 0.199. The van der Waals surface area contributed by atoms with Crippen LogP contribution in [0.25, 0.3) is 0 Å². The molecule has 0 aromatic heterocycles. The molecule has 0 amide bonds. The Kier molecular flexibility index (Phi) is 10.7. The zero-order valence-electron chi connectivity index (χ0n) is 23.7. The van der Waals surface area contributed by atoms with Crippen molar-refractivity contribution in [1.82, 2.24) is 0 Å². The lowest BCUT2D eigenvalue weighted by Crippen LogP contribution is -2.66. The maximum absolute atomic E-state index is 11.8. The largest absolute Gasteiger partial charge is 0.497 e. The first-order chi connectivity index (χ1) is 20.6. The molecule has 6 atom stereocenters. The van der Waals surface area contributed by atoms with Crippen molar-refractivity contribution < 1.29 is 33.9 Å². The van der Waals surface area contributed by atoms with Crippen LogP contribution in [0.15, 0.2) is 115 Å². The number of hydrogen-bond donors (Lipinski definition) is 2. The molecule has 7 heteroatoms. The van der Waals surface area contributed by atoms with Crippen LogP contribution in [-0.2, 0) is 45.4 Å². The first kappa shape index (κ1) is 29.9. The molecule has 7 nitrogen and oxygen atoms in total. The fraction of sp³-hybridized carbons (Fsp3) is 0.314. The second-order valence-electron chi connectivity index (χ2n) is 10.4. The highest BCUT2D eigenvalue weighted by Crippen LogP contribution is 2.32. The van der Waals surface area contributed by atoms with Gasteiger partial charge < -0.3 is 33.9 Å². The lowest BCUT2D eigenvalue weighted by atomic mass is 9.84. The maximum atomic E-state index is 11.8. The van der Waals surface area contributed by atoms with Gasteiger partial charge in [0.1, 0.15) is 42.4 Å². The summed E-state index contributed by atoms with van der Waals surface area (Å²) in [6.45, 7) is 0.910. The molecule has 4 aromatic carbocycles. The Balaban J connectivity index is 1.39. The Labute approximate surface area is 247 Å². The van der Waals surface area contributed by atoms with Crippen LogP contribution in [0.2, 0.25) is 0 Å². The molecule has 2 N–H and O–H groups in total. The topological polar surface area (TPSA) is 86.6 Å². The van der Waals surface area contributed by atoms with E-state index >= 15 is 0 Å². The van der Waals surface area contributed by atoms with E-state index < -0.39 is 36.6 Å². The van der Waals surface area contributed by atoms with E-state index in [1.165, 1.54) is 0 Å². The highest BCUT2D eigenvalue weighted by Gasteiger charge is 2.52. The van der Waals surface area contributed by atoms with E-state index in [1.807, 2.05) is 115 Å². The normalized spacial score (nSPS) is 23.9. The minimum atomic E-state index is -1.14. The van der Waals surface area contributed by atoms with Gasteiger partial charge >= 0.3 is 0 Å². The molecular weight excluding hydrogens is 532 g/mol. The van der Waals surface area contributed by atoms with Gasteiger partial charge in [-0.05, 0) is 34.4 Å². The number of benzene rings is 4. The van der Waals surface area contributed by atoms with Gasteiger partial charge in [0.2, 0.25) is 0 Å². The number of methoxy groups -OCH3 is 1. The SMILES string of the molecule is COc1ccc(CO[C@@H]2[C@@H](O)[C@H](OCc3ccccc3)[C@H](OCc3ccccc3)[C@H](O)[C@H]2OCc2ccccc2)cc1. The lowest BCUT2D eigenvalue weighted by Gasteiger charge is -2.46. The first-order valence-corrected chi connectivity index (χ1v) is 14.2. The summed E-state index contributed by atoms with van der Waals surface area (Å²) in [6.07, 6.45) is -5.79. The molecule has 220 valence electrons. The number of aliphatic hydroxyl groups excluding tert-OH is 2. The van der Waals surface area contributed by atoms with Crippen LogP contribution < -0.4 is 4.74 Å². The standard InChI is InChI=1S/C35H38O7/c1-38-29-19-17-28(18-20-29)24-42-35-31(37)33(40-22-26-13-7-3-8-14-26)32(39-21-25-11-5-2-6-12-25)30(36)34(35)41-23-27-15-9-4-10-16-27/h2-20,30-37H,21-24H2,1H3/t30-,31-,32+,33-,34+,35+/m0/s1. The Morgan fingerprint density at radius 2 is 0.714 bits per heavy atom. The van der Waals surface area contributed by atoms with Gasteiger partial charge in [0.05, 0.1) is 33.5 Å². The van der Waals surface area contributed by atoms with Gasteiger partial charge in [-0.1, -0.05) is 103 Å². The fourth-order valence-electron chi connectivity index (χ4n) is 5.14. The summed E-state index contributed by atoms with van der Waals surface area (Å²) < 4.78 is 30.4. The smallest absolute Gasteiger partial charge is 0.118 e. The number of ether oxygens (including phenoxy) is 5. The van der Waals surface area contributed by atoms with Crippen LogP contribution in [0.1, 0.15) is 22.3 Å². The van der Waals surface area contributed by atoms with Gasteiger partial charge in [0.25, 0.3) is 0 Å². The molecule has 0 radical (unpaired) electrons. The predicted octanol–water partition coefficient (Wildman–Crippen LogP) is 5.07. The van der Waals surface area contributed by atoms with Crippen LogP contribution in [-0.4, -0.2) is 53.9 Å². The molecular formula is C35H38O7. The quantitative estimate of drug-likeness (QED) is 0.232. The van der Waals surface area contributed by atoms with Crippen molar-refractivity contribution >= 4 is 0 Å². The summed E-state index contributed by atoms with van der Waals surface area (Å²) in [5, 5.41) is 23.5. The molecule has 0 saturated heterocycles. The molecule has 5 rings (SSSR count). The zero-order chi connectivity index (χ0) is 29.1. The summed E-state index contributed by atoms with van der Waals surface area (Å²) in [5.74, 6) is 0.740. The number of hydrogen-bond acceptors (Lipinski definition) is 7. The minimum Gasteiger partial charge on any atom is -0.497 e. The van der Waals surface area contributed by atoms with Crippen molar-refractivity contribution in [2.75, 3.05) is 7.11 Å². The highest BCUT2D eigenvalue weighted by atomic mass is 16.6. The van der Waals surface area contributed by atoms with Crippen molar-refractivity contribution in [1.29, 1.82) is 0 Å². The van der Waals surface area contributed by atoms with Gasteiger partial charge in [0, 0.05) is 0 Å². The first-order valence-electron chi connectivity index (χ1n) is 14.2. The predicted molar refractivity (Wildman–Crippen MR) is 159 cm³/mol. The van der Waals surface area contributed by atoms with Gasteiger partial charge in [-0.15, -0.1) is 0 Å². The fourth-order valence-corrected chi connectivity index (χ4v) is 5.14. The summed E-state index contributed by atoms with van der Waals surface area (Å²) >= 11 is 0. The van der Waals surface area contributed by atoms with Crippen LogP contribution in [0, 0.1) is 0 Å². The van der Waals surface area contributed by atoms with Gasteiger partial charge in [-0.3, -0.25) is 0 Å². The monoisotopic (exact) mass is 570 g/mol. The third-order valence-electron chi connectivity index (χ3n) is 7.45. The van der Waals surface area contributed by atoms with E-state index in [0.29, 0.717) is 0 Å². The summed E-state index contributed by atoms with van der Waals surface area (Å²) in [6, 6.07) is 36.6. The second kappa shape index (κ2) is 15.1. The van der Waals surface area contributed by atoms with E-state index in [2.05, 4.69) is 0 Å². The second-order valence-corrected chi connectivity index (χ2v) is 10.4. The van der Waals surface area contributed by atoms with E-state index in [1.54, 1.807) is 7.11 Å². The molecule has 0 spiro atoms. The van der Waals surface area contributed by atoms with Crippen LogP contribution in [0.5, 0.6) is 5.75 Å². The van der Waals surface area contributed by atoms with Crippen molar-refractivity contribution in [3.05, 3.63) is 138 Å². The molecule has 0 unspecified atom stereocenters. The summed E-state index contributed by atoms with van der Waals surface area (Å²) in [7, 11) is 1.62. The molecule has 0 bridgehead atoms. The van der Waals surface area contributed by atoms with Crippen molar-refractivity contribution in [2.45, 2.75) is 63.1 Å². The molecule has 1 aliphatic rings. The van der Waals surface area contributed by atoms with Gasteiger partial charge in [-0.2, -0.15) is 0 Å². The average molecular weight is 571 g/mol. The highest BCUT2D eigenvalue weighted by molar-refractivity contribution is 5.27. The maximum Gasteiger partial charge on any atom is 0.118 e. The molecule has 1 fully saturated rings. The van der Waals surface area contributed by atoms with Crippen molar-refractivity contribution in [3.63, 3.8) is 0 Å². The van der Waals surface area contributed by atoms with Gasteiger partial charge in [0.15, 0.2) is 0 Å². The lowest BCUT2D eigenvalue weighted by molar-refractivity contribution is -0.272. The van der Waals surface area contributed by atoms with Crippen LogP contribution >= 0.6 is 0 Å².